The summed E-state index contributed by atoms with van der Waals surface area (Å²) >= 11 is 5.91. The lowest BCUT2D eigenvalue weighted by Gasteiger charge is -2.09. The Hall–Kier alpha value is -2.67. The Morgan fingerprint density at radius 2 is 1.87 bits per heavy atom. The predicted octanol–water partition coefficient (Wildman–Crippen LogP) is 2.43. The number of urea groups is 1. The number of hydrogen-bond acceptors (Lipinski definition) is 3. The molecule has 0 bridgehead atoms. The van der Waals surface area contributed by atoms with E-state index in [0.717, 1.165) is 6.20 Å². The van der Waals surface area contributed by atoms with E-state index in [0.29, 0.717) is 10.6 Å². The number of benzene rings is 1. The molecule has 3 amide bonds. The molecule has 0 saturated carbocycles. The number of rotatable bonds is 5. The highest BCUT2D eigenvalue weighted by molar-refractivity contribution is 6.33. The molecule has 0 unspecified atom stereocenters. The van der Waals surface area contributed by atoms with Crippen LogP contribution in [0.15, 0.2) is 42.7 Å². The first-order valence-corrected chi connectivity index (χ1v) is 7.13. The van der Waals surface area contributed by atoms with Crippen LogP contribution in [0.2, 0.25) is 5.02 Å². The number of carbonyl (C=O) groups excluding carboxylic acids is 2. The average molecular weight is 337 g/mol. The van der Waals surface area contributed by atoms with Crippen molar-refractivity contribution in [3.63, 3.8) is 0 Å². The average Bonchev–Trinajstić information content (AvgIpc) is 2.54. The van der Waals surface area contributed by atoms with Crippen molar-refractivity contribution in [1.29, 1.82) is 0 Å². The van der Waals surface area contributed by atoms with Gasteiger partial charge in [-0.1, -0.05) is 23.7 Å². The molecule has 23 heavy (non-hydrogen) atoms. The number of anilines is 1. The largest absolute Gasteiger partial charge is 0.350 e. The van der Waals surface area contributed by atoms with Gasteiger partial charge in [-0.15, -0.1) is 0 Å². The maximum absolute atomic E-state index is 13.3. The number of pyridine rings is 1. The molecule has 0 fully saturated rings. The van der Waals surface area contributed by atoms with E-state index in [-0.39, 0.29) is 24.7 Å². The Balaban J connectivity index is 1.73. The Morgan fingerprint density at radius 1 is 1.13 bits per heavy atom. The normalized spacial score (nSPS) is 10.0. The van der Waals surface area contributed by atoms with E-state index in [2.05, 4.69) is 20.9 Å². The summed E-state index contributed by atoms with van der Waals surface area (Å²) in [4.78, 5) is 27.0. The first kappa shape index (κ1) is 16.7. The van der Waals surface area contributed by atoms with Gasteiger partial charge in [0.05, 0.1) is 22.5 Å². The van der Waals surface area contributed by atoms with Crippen molar-refractivity contribution in [2.24, 2.45) is 0 Å². The van der Waals surface area contributed by atoms with E-state index >= 15 is 0 Å². The van der Waals surface area contributed by atoms with Crippen molar-refractivity contribution < 1.29 is 14.0 Å². The summed E-state index contributed by atoms with van der Waals surface area (Å²) in [6.07, 6.45) is 2.36. The summed E-state index contributed by atoms with van der Waals surface area (Å²) in [5, 5.41) is 7.81. The molecule has 0 aliphatic carbocycles. The molecule has 2 rings (SSSR count). The molecule has 0 aliphatic heterocycles. The van der Waals surface area contributed by atoms with Gasteiger partial charge < -0.3 is 16.0 Å². The van der Waals surface area contributed by atoms with Gasteiger partial charge >= 0.3 is 6.03 Å². The van der Waals surface area contributed by atoms with Crippen molar-refractivity contribution in [1.82, 2.24) is 15.6 Å². The summed E-state index contributed by atoms with van der Waals surface area (Å²) in [5.74, 6) is -0.965. The number of aromatic nitrogens is 1. The lowest BCUT2D eigenvalue weighted by molar-refractivity contribution is 0.0954. The van der Waals surface area contributed by atoms with E-state index in [4.69, 9.17) is 11.6 Å². The van der Waals surface area contributed by atoms with Crippen LogP contribution in [-0.4, -0.2) is 30.0 Å². The van der Waals surface area contributed by atoms with E-state index in [9.17, 15) is 14.0 Å². The van der Waals surface area contributed by atoms with Gasteiger partial charge in [-0.2, -0.15) is 0 Å². The Kier molecular flexibility index (Phi) is 5.87. The van der Waals surface area contributed by atoms with Crippen LogP contribution >= 0.6 is 11.6 Å². The molecule has 0 aliphatic rings. The summed E-state index contributed by atoms with van der Waals surface area (Å²) in [6, 6.07) is 7.41. The number of carbonyl (C=O) groups is 2. The molecule has 1 aromatic heterocycles. The van der Waals surface area contributed by atoms with Crippen LogP contribution in [0.5, 0.6) is 0 Å². The van der Waals surface area contributed by atoms with Crippen molar-refractivity contribution >= 4 is 29.2 Å². The minimum Gasteiger partial charge on any atom is -0.350 e. The van der Waals surface area contributed by atoms with Gasteiger partial charge in [0.1, 0.15) is 0 Å². The monoisotopic (exact) mass is 336 g/mol. The molecular weight excluding hydrogens is 323 g/mol. The maximum Gasteiger partial charge on any atom is 0.319 e. The van der Waals surface area contributed by atoms with Crippen LogP contribution in [0.1, 0.15) is 10.4 Å². The highest BCUT2D eigenvalue weighted by Crippen LogP contribution is 2.14. The molecule has 2 aromatic rings. The third-order valence-electron chi connectivity index (χ3n) is 2.84. The Bertz CT molecular complexity index is 711. The van der Waals surface area contributed by atoms with Crippen LogP contribution < -0.4 is 16.0 Å². The Morgan fingerprint density at radius 3 is 2.61 bits per heavy atom. The van der Waals surface area contributed by atoms with Crippen LogP contribution in [0, 0.1) is 5.82 Å². The second-order valence-electron chi connectivity index (χ2n) is 4.47. The molecule has 8 heteroatoms. The van der Waals surface area contributed by atoms with E-state index in [1.54, 1.807) is 24.3 Å². The van der Waals surface area contributed by atoms with Gasteiger partial charge in [-0.05, 0) is 18.2 Å². The number of hydrogen-bond donors (Lipinski definition) is 3. The minimum absolute atomic E-state index is 0.0256. The maximum atomic E-state index is 13.3. The van der Waals surface area contributed by atoms with Crippen molar-refractivity contribution in [2.45, 2.75) is 0 Å². The van der Waals surface area contributed by atoms with Gasteiger partial charge in [-0.25, -0.2) is 9.18 Å². The van der Waals surface area contributed by atoms with Crippen LogP contribution in [0.25, 0.3) is 0 Å². The number of halogens is 2. The lowest BCUT2D eigenvalue weighted by atomic mass is 10.2. The van der Waals surface area contributed by atoms with Crippen LogP contribution in [-0.2, 0) is 0 Å². The van der Waals surface area contributed by atoms with Crippen molar-refractivity contribution in [3.05, 3.63) is 59.1 Å². The summed E-state index contributed by atoms with van der Waals surface area (Å²) < 4.78 is 13.3. The highest BCUT2D eigenvalue weighted by Gasteiger charge is 2.09. The lowest BCUT2D eigenvalue weighted by Crippen LogP contribution is -2.37. The first-order valence-electron chi connectivity index (χ1n) is 6.75. The molecule has 0 radical (unpaired) electrons. The fourth-order valence-electron chi connectivity index (χ4n) is 1.74. The number of amides is 3. The van der Waals surface area contributed by atoms with Crippen molar-refractivity contribution in [3.8, 4) is 0 Å². The fourth-order valence-corrected chi connectivity index (χ4v) is 1.96. The second kappa shape index (κ2) is 8.09. The molecule has 6 nitrogen and oxygen atoms in total. The zero-order valence-corrected chi connectivity index (χ0v) is 12.7. The molecule has 0 atom stereocenters. The van der Waals surface area contributed by atoms with Gasteiger partial charge in [0.2, 0.25) is 0 Å². The topological polar surface area (TPSA) is 83.1 Å². The molecule has 1 heterocycles. The molecule has 1 aromatic carbocycles. The minimum atomic E-state index is -0.630. The van der Waals surface area contributed by atoms with E-state index < -0.39 is 11.8 Å². The predicted molar refractivity (Wildman–Crippen MR) is 85.0 cm³/mol. The molecule has 3 N–H and O–H groups in total. The molecule has 0 spiro atoms. The van der Waals surface area contributed by atoms with Crippen molar-refractivity contribution in [2.75, 3.05) is 18.4 Å². The zero-order chi connectivity index (χ0) is 16.7. The van der Waals surface area contributed by atoms with Gasteiger partial charge in [0.25, 0.3) is 5.91 Å². The first-order chi connectivity index (χ1) is 11.1. The zero-order valence-electron chi connectivity index (χ0n) is 12.0. The third kappa shape index (κ3) is 4.93. The fraction of sp³-hybridized carbons (Fsp3) is 0.133. The summed E-state index contributed by atoms with van der Waals surface area (Å²) in [5.41, 5.74) is 0.384. The van der Waals surface area contributed by atoms with Gasteiger partial charge in [0.15, 0.2) is 5.82 Å². The number of nitrogens with zero attached hydrogens (tertiary/aromatic N) is 1. The molecule has 120 valence electrons. The molecule has 0 saturated heterocycles. The quantitative estimate of drug-likeness (QED) is 0.733. The van der Waals surface area contributed by atoms with E-state index in [1.165, 1.54) is 12.3 Å². The molecular formula is C15H14ClFN4O2. The van der Waals surface area contributed by atoms with Crippen LogP contribution in [0.3, 0.4) is 0 Å². The SMILES string of the molecule is O=C(NCCNC(=O)c1ccccc1Cl)Nc1ccncc1F. The summed E-state index contributed by atoms with van der Waals surface area (Å²) in [7, 11) is 0. The van der Waals surface area contributed by atoms with Gasteiger partial charge in [-0.3, -0.25) is 9.78 Å². The third-order valence-corrected chi connectivity index (χ3v) is 3.16. The summed E-state index contributed by atoms with van der Waals surface area (Å²) in [6.45, 7) is 0.380. The smallest absolute Gasteiger partial charge is 0.319 e. The highest BCUT2D eigenvalue weighted by atomic mass is 35.5. The van der Waals surface area contributed by atoms with Crippen LogP contribution in [0.4, 0.5) is 14.9 Å². The second-order valence-corrected chi connectivity index (χ2v) is 4.88. The number of nitrogens with one attached hydrogen (secondary N) is 3. The van der Waals surface area contributed by atoms with Gasteiger partial charge in [0, 0.05) is 19.3 Å². The standard InChI is InChI=1S/C15H14ClFN4O2/c16-11-4-2-1-3-10(11)14(22)19-7-8-20-15(23)21-13-5-6-18-9-12(13)17/h1-6,9H,7-8H2,(H,19,22)(H2,18,20,21,23). The Labute approximate surface area is 137 Å². The van der Waals surface area contributed by atoms with E-state index in [1.807, 2.05) is 0 Å².